The van der Waals surface area contributed by atoms with Crippen molar-refractivity contribution in [1.29, 1.82) is 0 Å². The van der Waals surface area contributed by atoms with Crippen LogP contribution in [-0.4, -0.2) is 15.8 Å². The standard InChI is InChI=1S/C33H28F3N3O/c1-20-7-12-28(13-8-20)38-32-37-19-26-16-24(11-14-30(26)39-32)29-18-23(10-9-21(29)2)22(3)15-31(40)25-5-4-6-27(17-25)33(34,35)36/h4-14,16-19,22H,15H2,1-3H3,(H,37,38,39). The normalized spacial score (nSPS) is 12.3. The molecule has 1 heterocycles. The number of carbonyl (C=O) groups is 1. The summed E-state index contributed by atoms with van der Waals surface area (Å²) in [5.74, 6) is 0.0146. The third kappa shape index (κ3) is 6.04. The minimum atomic E-state index is -4.49. The lowest BCUT2D eigenvalue weighted by Crippen LogP contribution is -2.09. The van der Waals surface area contributed by atoms with Crippen LogP contribution in [0.25, 0.3) is 22.0 Å². The van der Waals surface area contributed by atoms with Crippen LogP contribution in [0.4, 0.5) is 24.8 Å². The molecule has 7 heteroatoms. The van der Waals surface area contributed by atoms with Crippen molar-refractivity contribution in [3.05, 3.63) is 119 Å². The van der Waals surface area contributed by atoms with Gasteiger partial charge in [0.1, 0.15) is 0 Å². The summed E-state index contributed by atoms with van der Waals surface area (Å²) >= 11 is 0. The van der Waals surface area contributed by atoms with Crippen LogP contribution in [-0.2, 0) is 6.18 Å². The number of rotatable bonds is 7. The Balaban J connectivity index is 1.36. The molecule has 0 bridgehead atoms. The first-order chi connectivity index (χ1) is 19.1. The number of nitrogens with zero attached hydrogens (tertiary/aromatic N) is 2. The zero-order valence-electron chi connectivity index (χ0n) is 22.4. The van der Waals surface area contributed by atoms with Gasteiger partial charge in [0.05, 0.1) is 11.1 Å². The van der Waals surface area contributed by atoms with E-state index >= 15 is 0 Å². The lowest BCUT2D eigenvalue weighted by molar-refractivity contribution is -0.137. The fraction of sp³-hybridized carbons (Fsp3) is 0.182. The van der Waals surface area contributed by atoms with E-state index in [0.717, 1.165) is 51.0 Å². The number of ketones is 1. The number of benzene rings is 4. The Morgan fingerprint density at radius 3 is 2.45 bits per heavy atom. The molecular weight excluding hydrogens is 511 g/mol. The molecule has 1 atom stereocenters. The van der Waals surface area contributed by atoms with Crippen molar-refractivity contribution >= 4 is 28.3 Å². The van der Waals surface area contributed by atoms with Crippen LogP contribution < -0.4 is 5.32 Å². The van der Waals surface area contributed by atoms with Gasteiger partial charge < -0.3 is 5.32 Å². The molecule has 0 aliphatic carbocycles. The highest BCUT2D eigenvalue weighted by Crippen LogP contribution is 2.33. The SMILES string of the molecule is Cc1ccc(Nc2ncc3cc(-c4cc(C(C)CC(=O)c5cccc(C(F)(F)F)c5)ccc4C)ccc3n2)cc1. The van der Waals surface area contributed by atoms with Gasteiger partial charge in [-0.1, -0.05) is 61.0 Å². The molecule has 1 aromatic heterocycles. The number of carbonyl (C=O) groups excluding carboxylic acids is 1. The van der Waals surface area contributed by atoms with Crippen LogP contribution in [0.3, 0.4) is 0 Å². The van der Waals surface area contributed by atoms with Gasteiger partial charge in [-0.3, -0.25) is 4.79 Å². The molecule has 0 saturated heterocycles. The topological polar surface area (TPSA) is 54.9 Å². The van der Waals surface area contributed by atoms with Gasteiger partial charge in [-0.2, -0.15) is 13.2 Å². The maximum absolute atomic E-state index is 13.1. The average Bonchev–Trinajstić information content (AvgIpc) is 2.94. The van der Waals surface area contributed by atoms with Crippen molar-refractivity contribution in [2.75, 3.05) is 5.32 Å². The molecule has 1 unspecified atom stereocenters. The summed E-state index contributed by atoms with van der Waals surface area (Å²) in [5.41, 5.74) is 6.16. The van der Waals surface area contributed by atoms with Gasteiger partial charge in [-0.15, -0.1) is 0 Å². The zero-order valence-corrected chi connectivity index (χ0v) is 22.4. The molecular formula is C33H28F3N3O. The number of alkyl halides is 3. The maximum Gasteiger partial charge on any atom is 0.416 e. The molecule has 0 saturated carbocycles. The van der Waals surface area contributed by atoms with Crippen molar-refractivity contribution in [3.8, 4) is 11.1 Å². The van der Waals surface area contributed by atoms with Gasteiger partial charge >= 0.3 is 6.18 Å². The molecule has 0 aliphatic heterocycles. The van der Waals surface area contributed by atoms with Crippen LogP contribution in [0.15, 0.2) is 91.1 Å². The minimum absolute atomic E-state index is 0.0692. The molecule has 4 aromatic carbocycles. The van der Waals surface area contributed by atoms with E-state index in [4.69, 9.17) is 0 Å². The molecule has 0 amide bonds. The number of Topliss-reactive ketones (excluding diaryl/α,β-unsaturated/α-hetero) is 1. The Morgan fingerprint density at radius 2 is 1.70 bits per heavy atom. The number of fused-ring (bicyclic) bond motifs is 1. The lowest BCUT2D eigenvalue weighted by atomic mass is 9.89. The predicted octanol–water partition coefficient (Wildman–Crippen LogP) is 9.05. The molecule has 1 N–H and O–H groups in total. The third-order valence-corrected chi connectivity index (χ3v) is 7.03. The van der Waals surface area contributed by atoms with Crippen LogP contribution in [0.2, 0.25) is 0 Å². The Hall–Kier alpha value is -4.52. The molecule has 40 heavy (non-hydrogen) atoms. The van der Waals surface area contributed by atoms with E-state index in [2.05, 4.69) is 21.4 Å². The van der Waals surface area contributed by atoms with Crippen molar-refractivity contribution < 1.29 is 18.0 Å². The quantitative estimate of drug-likeness (QED) is 0.210. The van der Waals surface area contributed by atoms with Crippen LogP contribution in [0.1, 0.15) is 51.9 Å². The molecule has 5 rings (SSSR count). The van der Waals surface area contributed by atoms with E-state index in [1.807, 2.05) is 75.4 Å². The molecule has 4 nitrogen and oxygen atoms in total. The first kappa shape index (κ1) is 27.1. The Kier molecular flexibility index (Phi) is 7.39. The Bertz CT molecular complexity index is 1690. The monoisotopic (exact) mass is 539 g/mol. The lowest BCUT2D eigenvalue weighted by Gasteiger charge is -2.16. The largest absolute Gasteiger partial charge is 0.416 e. The van der Waals surface area contributed by atoms with Crippen molar-refractivity contribution in [1.82, 2.24) is 9.97 Å². The van der Waals surface area contributed by atoms with Gasteiger partial charge in [-0.05, 0) is 78.4 Å². The summed E-state index contributed by atoms with van der Waals surface area (Å²) in [6.07, 6.45) is -2.60. The highest BCUT2D eigenvalue weighted by molar-refractivity contribution is 5.96. The zero-order chi connectivity index (χ0) is 28.4. The summed E-state index contributed by atoms with van der Waals surface area (Å²) < 4.78 is 39.3. The number of nitrogens with one attached hydrogen (secondary N) is 1. The van der Waals surface area contributed by atoms with Crippen molar-refractivity contribution in [2.24, 2.45) is 0 Å². The van der Waals surface area contributed by atoms with E-state index in [0.29, 0.717) is 5.95 Å². The summed E-state index contributed by atoms with van der Waals surface area (Å²) in [4.78, 5) is 22.0. The molecule has 0 spiro atoms. The fourth-order valence-corrected chi connectivity index (χ4v) is 4.67. The van der Waals surface area contributed by atoms with Gasteiger partial charge in [-0.25, -0.2) is 9.97 Å². The van der Waals surface area contributed by atoms with Crippen molar-refractivity contribution in [3.63, 3.8) is 0 Å². The van der Waals surface area contributed by atoms with Crippen LogP contribution in [0, 0.1) is 13.8 Å². The van der Waals surface area contributed by atoms with E-state index in [1.54, 1.807) is 6.20 Å². The number of anilines is 2. The second kappa shape index (κ2) is 10.9. The first-order valence-electron chi connectivity index (χ1n) is 13.0. The van der Waals surface area contributed by atoms with E-state index in [1.165, 1.54) is 17.7 Å². The minimum Gasteiger partial charge on any atom is -0.324 e. The third-order valence-electron chi connectivity index (χ3n) is 7.03. The Morgan fingerprint density at radius 1 is 0.925 bits per heavy atom. The predicted molar refractivity (Wildman–Crippen MR) is 153 cm³/mol. The highest BCUT2D eigenvalue weighted by atomic mass is 19.4. The summed E-state index contributed by atoms with van der Waals surface area (Å²) in [7, 11) is 0. The molecule has 5 aromatic rings. The van der Waals surface area contributed by atoms with Gasteiger partial charge in [0.15, 0.2) is 5.78 Å². The second-order valence-electron chi connectivity index (χ2n) is 10.1. The van der Waals surface area contributed by atoms with Gasteiger partial charge in [0.2, 0.25) is 5.95 Å². The van der Waals surface area contributed by atoms with E-state index < -0.39 is 11.7 Å². The number of hydrogen-bond acceptors (Lipinski definition) is 4. The van der Waals surface area contributed by atoms with Gasteiger partial charge in [0, 0.05) is 29.3 Å². The second-order valence-corrected chi connectivity index (χ2v) is 10.1. The van der Waals surface area contributed by atoms with Gasteiger partial charge in [0.25, 0.3) is 0 Å². The highest BCUT2D eigenvalue weighted by Gasteiger charge is 2.31. The molecule has 202 valence electrons. The van der Waals surface area contributed by atoms with Crippen LogP contribution >= 0.6 is 0 Å². The summed E-state index contributed by atoms with van der Waals surface area (Å²) in [6, 6.07) is 24.6. The summed E-state index contributed by atoms with van der Waals surface area (Å²) in [6.45, 7) is 5.97. The molecule has 0 aliphatic rings. The maximum atomic E-state index is 13.1. The first-order valence-corrected chi connectivity index (χ1v) is 13.0. The average molecular weight is 540 g/mol. The van der Waals surface area contributed by atoms with E-state index in [-0.39, 0.29) is 23.7 Å². The fourth-order valence-electron chi connectivity index (χ4n) is 4.67. The van der Waals surface area contributed by atoms with Crippen LogP contribution in [0.5, 0.6) is 0 Å². The number of halogens is 3. The van der Waals surface area contributed by atoms with Crippen molar-refractivity contribution in [2.45, 2.75) is 39.3 Å². The van der Waals surface area contributed by atoms with E-state index in [9.17, 15) is 18.0 Å². The summed E-state index contributed by atoms with van der Waals surface area (Å²) in [5, 5.41) is 4.12. The molecule has 0 fully saturated rings. The number of hydrogen-bond donors (Lipinski definition) is 1. The molecule has 0 radical (unpaired) electrons. The Labute approximate surface area is 230 Å². The number of aryl methyl sites for hydroxylation is 2. The smallest absolute Gasteiger partial charge is 0.324 e. The number of aromatic nitrogens is 2.